The van der Waals surface area contributed by atoms with Crippen molar-refractivity contribution in [1.82, 2.24) is 5.32 Å². The number of anilines is 1. The van der Waals surface area contributed by atoms with Gasteiger partial charge in [-0.1, -0.05) is 19.9 Å². The lowest BCUT2D eigenvalue weighted by molar-refractivity contribution is -0.140. The normalized spacial score (nSPS) is 12.1. The maximum absolute atomic E-state index is 13.3. The number of carbonyl (C=O) groups excluding carboxylic acids is 1. The van der Waals surface area contributed by atoms with Crippen LogP contribution in [-0.2, 0) is 4.79 Å². The largest absolute Gasteiger partial charge is 0.480 e. The van der Waals surface area contributed by atoms with Crippen molar-refractivity contribution in [3.63, 3.8) is 0 Å². The number of benzene rings is 1. The van der Waals surface area contributed by atoms with Crippen LogP contribution in [0.5, 0.6) is 0 Å². The smallest absolute Gasteiger partial charge is 0.326 e. The first-order chi connectivity index (χ1) is 8.81. The zero-order valence-corrected chi connectivity index (χ0v) is 11.0. The van der Waals surface area contributed by atoms with Crippen molar-refractivity contribution in [1.29, 1.82) is 0 Å². The van der Waals surface area contributed by atoms with Gasteiger partial charge < -0.3 is 15.7 Å². The summed E-state index contributed by atoms with van der Waals surface area (Å²) in [5.41, 5.74) is 0.741. The highest BCUT2D eigenvalue weighted by molar-refractivity contribution is 5.92. The Hall–Kier alpha value is -2.11. The fourth-order valence-electron chi connectivity index (χ4n) is 1.49. The van der Waals surface area contributed by atoms with Crippen molar-refractivity contribution >= 4 is 17.7 Å². The van der Waals surface area contributed by atoms with Gasteiger partial charge >= 0.3 is 12.0 Å². The van der Waals surface area contributed by atoms with Crippen LogP contribution in [0.3, 0.4) is 0 Å². The molecule has 1 unspecified atom stereocenters. The van der Waals surface area contributed by atoms with Crippen LogP contribution >= 0.6 is 0 Å². The van der Waals surface area contributed by atoms with E-state index in [-0.39, 0.29) is 11.6 Å². The Balaban J connectivity index is 2.69. The summed E-state index contributed by atoms with van der Waals surface area (Å²) in [6, 6.07) is 2.59. The molecule has 5 nitrogen and oxygen atoms in total. The molecule has 0 saturated heterocycles. The fourth-order valence-corrected chi connectivity index (χ4v) is 1.49. The monoisotopic (exact) mass is 268 g/mol. The second kappa shape index (κ2) is 6.17. The predicted molar refractivity (Wildman–Crippen MR) is 69.6 cm³/mol. The molecule has 1 aromatic rings. The highest BCUT2D eigenvalue weighted by atomic mass is 19.1. The molecule has 0 aromatic heterocycles. The van der Waals surface area contributed by atoms with Gasteiger partial charge in [-0.2, -0.15) is 0 Å². The van der Waals surface area contributed by atoms with Gasteiger partial charge in [0.25, 0.3) is 0 Å². The predicted octanol–water partition coefficient (Wildman–Crippen LogP) is 2.36. The van der Waals surface area contributed by atoms with E-state index in [0.717, 1.165) is 0 Å². The van der Waals surface area contributed by atoms with Gasteiger partial charge in [-0.05, 0) is 30.5 Å². The van der Waals surface area contributed by atoms with Crippen LogP contribution < -0.4 is 10.6 Å². The molecule has 0 saturated carbocycles. The number of urea groups is 1. The van der Waals surface area contributed by atoms with Crippen molar-refractivity contribution in [2.24, 2.45) is 5.92 Å². The maximum Gasteiger partial charge on any atom is 0.326 e. The minimum atomic E-state index is -1.11. The molecule has 0 bridgehead atoms. The van der Waals surface area contributed by atoms with Gasteiger partial charge in [0.1, 0.15) is 11.9 Å². The minimum Gasteiger partial charge on any atom is -0.480 e. The topological polar surface area (TPSA) is 78.4 Å². The molecule has 2 amide bonds. The second-order valence-corrected chi connectivity index (χ2v) is 4.62. The number of halogens is 1. The minimum absolute atomic E-state index is 0.252. The van der Waals surface area contributed by atoms with E-state index in [9.17, 15) is 14.0 Å². The summed E-state index contributed by atoms with van der Waals surface area (Å²) in [6.07, 6.45) is 0. The first kappa shape index (κ1) is 14.9. The number of carbonyl (C=O) groups is 2. The first-order valence-corrected chi connectivity index (χ1v) is 5.87. The number of hydrogen-bond acceptors (Lipinski definition) is 2. The third-order valence-electron chi connectivity index (χ3n) is 2.65. The molecule has 104 valence electrons. The Kier molecular flexibility index (Phi) is 4.86. The van der Waals surface area contributed by atoms with E-state index < -0.39 is 23.9 Å². The lowest BCUT2D eigenvalue weighted by atomic mass is 10.1. The first-order valence-electron chi connectivity index (χ1n) is 5.87. The molecule has 19 heavy (non-hydrogen) atoms. The van der Waals surface area contributed by atoms with Crippen LogP contribution in [0.15, 0.2) is 18.2 Å². The van der Waals surface area contributed by atoms with E-state index in [1.165, 1.54) is 12.1 Å². The molecule has 0 aliphatic carbocycles. The maximum atomic E-state index is 13.3. The van der Waals surface area contributed by atoms with Gasteiger partial charge in [-0.15, -0.1) is 0 Å². The van der Waals surface area contributed by atoms with Gasteiger partial charge in [0.05, 0.1) is 0 Å². The van der Waals surface area contributed by atoms with Gasteiger partial charge in [0, 0.05) is 5.69 Å². The highest BCUT2D eigenvalue weighted by Crippen LogP contribution is 2.13. The van der Waals surface area contributed by atoms with Crippen molar-refractivity contribution in [2.45, 2.75) is 26.8 Å². The van der Waals surface area contributed by atoms with Crippen LogP contribution in [0, 0.1) is 18.7 Å². The zero-order chi connectivity index (χ0) is 14.6. The van der Waals surface area contributed by atoms with Crippen LogP contribution in [0.1, 0.15) is 19.4 Å². The molecule has 0 aliphatic heterocycles. The van der Waals surface area contributed by atoms with Crippen molar-refractivity contribution in [3.8, 4) is 0 Å². The average Bonchev–Trinajstić information content (AvgIpc) is 2.30. The van der Waals surface area contributed by atoms with Crippen LogP contribution in [0.25, 0.3) is 0 Å². The van der Waals surface area contributed by atoms with Gasteiger partial charge in [-0.25, -0.2) is 14.0 Å². The Morgan fingerprint density at radius 3 is 2.42 bits per heavy atom. The van der Waals surface area contributed by atoms with E-state index in [2.05, 4.69) is 10.6 Å². The molecule has 0 heterocycles. The number of rotatable bonds is 4. The number of aliphatic carboxylic acids is 1. The summed E-state index contributed by atoms with van der Waals surface area (Å²) in [5.74, 6) is -1.80. The van der Waals surface area contributed by atoms with Crippen molar-refractivity contribution in [2.75, 3.05) is 5.32 Å². The van der Waals surface area contributed by atoms with E-state index in [0.29, 0.717) is 5.56 Å². The van der Waals surface area contributed by atoms with Crippen LogP contribution in [0.2, 0.25) is 0 Å². The molecular weight excluding hydrogens is 251 g/mol. The van der Waals surface area contributed by atoms with Gasteiger partial charge in [-0.3, -0.25) is 0 Å². The molecule has 6 heteroatoms. The van der Waals surface area contributed by atoms with Gasteiger partial charge in [0.2, 0.25) is 0 Å². The van der Waals surface area contributed by atoms with E-state index >= 15 is 0 Å². The molecule has 1 aromatic carbocycles. The average molecular weight is 268 g/mol. The molecule has 1 atom stereocenters. The van der Waals surface area contributed by atoms with E-state index in [4.69, 9.17) is 5.11 Å². The lowest BCUT2D eigenvalue weighted by Gasteiger charge is -2.18. The highest BCUT2D eigenvalue weighted by Gasteiger charge is 2.23. The van der Waals surface area contributed by atoms with Crippen LogP contribution in [-0.4, -0.2) is 23.1 Å². The number of carboxylic acid groups (broad SMARTS) is 1. The molecule has 0 fully saturated rings. The van der Waals surface area contributed by atoms with E-state index in [1.807, 2.05) is 0 Å². The third-order valence-corrected chi connectivity index (χ3v) is 2.65. The summed E-state index contributed by atoms with van der Waals surface area (Å²) < 4.78 is 13.3. The fraction of sp³-hybridized carbons (Fsp3) is 0.385. The standard InChI is InChI=1S/C13H17FN2O3/c1-7(2)11(12(17)18)16-13(19)15-9-5-4-8(3)10(14)6-9/h4-7,11H,1-3H3,(H,17,18)(H2,15,16,19). The van der Waals surface area contributed by atoms with Crippen molar-refractivity contribution < 1.29 is 19.1 Å². The number of hydrogen-bond donors (Lipinski definition) is 3. The summed E-state index contributed by atoms with van der Waals surface area (Å²) in [5, 5.41) is 13.7. The lowest BCUT2D eigenvalue weighted by Crippen LogP contribution is -2.46. The number of aryl methyl sites for hydroxylation is 1. The summed E-state index contributed by atoms with van der Waals surface area (Å²) in [4.78, 5) is 22.5. The van der Waals surface area contributed by atoms with Crippen molar-refractivity contribution in [3.05, 3.63) is 29.6 Å². The third kappa shape index (κ3) is 4.24. The molecule has 0 spiro atoms. The number of amides is 2. The summed E-state index contributed by atoms with van der Waals surface area (Å²) in [6.45, 7) is 4.98. The summed E-state index contributed by atoms with van der Waals surface area (Å²) in [7, 11) is 0. The van der Waals surface area contributed by atoms with Crippen LogP contribution in [0.4, 0.5) is 14.9 Å². The summed E-state index contributed by atoms with van der Waals surface area (Å²) >= 11 is 0. The molecule has 3 N–H and O–H groups in total. The molecule has 0 aliphatic rings. The number of nitrogens with one attached hydrogen (secondary N) is 2. The second-order valence-electron chi connectivity index (χ2n) is 4.62. The molecule has 0 radical (unpaired) electrons. The van der Waals surface area contributed by atoms with Gasteiger partial charge in [0.15, 0.2) is 0 Å². The molecular formula is C13H17FN2O3. The number of carboxylic acids is 1. The Labute approximate surface area is 110 Å². The van der Waals surface area contributed by atoms with E-state index in [1.54, 1.807) is 26.8 Å². The zero-order valence-electron chi connectivity index (χ0n) is 11.0. The SMILES string of the molecule is Cc1ccc(NC(=O)NC(C(=O)O)C(C)C)cc1F. The molecule has 1 rings (SSSR count). The quantitative estimate of drug-likeness (QED) is 0.784. The Morgan fingerprint density at radius 2 is 1.95 bits per heavy atom. The Bertz CT molecular complexity index is 489. The Morgan fingerprint density at radius 1 is 1.32 bits per heavy atom.